The Balaban J connectivity index is 2.56. The van der Waals surface area contributed by atoms with E-state index < -0.39 is 12.1 Å². The zero-order valence-corrected chi connectivity index (χ0v) is 4.76. The lowest BCUT2D eigenvalue weighted by Crippen LogP contribution is -2.34. The molecule has 0 radical (unpaired) electrons. The first-order valence-electron chi connectivity index (χ1n) is 2.06. The highest BCUT2D eigenvalue weighted by Gasteiger charge is 2.29. The molecule has 1 saturated heterocycles. The van der Waals surface area contributed by atoms with Crippen LogP contribution in [0.15, 0.2) is 0 Å². The van der Waals surface area contributed by atoms with Crippen LogP contribution in [-0.2, 0) is 9.53 Å². The molecule has 0 spiro atoms. The monoisotopic (exact) mass is 136 g/mol. The molecule has 1 heterocycles. The van der Waals surface area contributed by atoms with Gasteiger partial charge in [-0.05, 0) is 11.8 Å². The van der Waals surface area contributed by atoms with Gasteiger partial charge in [0.2, 0.25) is 0 Å². The van der Waals surface area contributed by atoms with E-state index in [0.29, 0.717) is 0 Å². The first kappa shape index (κ1) is 5.81. The standard InChI is InChI=1S/C3H5ClN2O2/c4-6-1-8-3(7)2(6)5/h2H,1,5H2. The lowest BCUT2D eigenvalue weighted by molar-refractivity contribution is -0.139. The van der Waals surface area contributed by atoms with E-state index in [-0.39, 0.29) is 6.73 Å². The SMILES string of the molecule is NC1C(=O)OCN1Cl. The molecule has 8 heavy (non-hydrogen) atoms. The van der Waals surface area contributed by atoms with Gasteiger partial charge >= 0.3 is 5.97 Å². The van der Waals surface area contributed by atoms with Gasteiger partial charge in [0.15, 0.2) is 12.9 Å². The van der Waals surface area contributed by atoms with E-state index in [1.165, 1.54) is 0 Å². The highest BCUT2D eigenvalue weighted by molar-refractivity contribution is 6.15. The van der Waals surface area contributed by atoms with Gasteiger partial charge in [0, 0.05) is 0 Å². The summed E-state index contributed by atoms with van der Waals surface area (Å²) in [5.41, 5.74) is 5.14. The summed E-state index contributed by atoms with van der Waals surface area (Å²) in [5.74, 6) is -0.472. The summed E-state index contributed by atoms with van der Waals surface area (Å²) in [4.78, 5) is 10.3. The van der Waals surface area contributed by atoms with Crippen molar-refractivity contribution in [2.24, 2.45) is 5.73 Å². The number of hydrogen-bond donors (Lipinski definition) is 1. The Morgan fingerprint density at radius 2 is 2.62 bits per heavy atom. The molecule has 0 aromatic carbocycles. The second-order valence-corrected chi connectivity index (χ2v) is 1.87. The Bertz CT molecular complexity index is 118. The number of nitrogens with zero attached hydrogens (tertiary/aromatic N) is 1. The molecule has 0 amide bonds. The van der Waals surface area contributed by atoms with Crippen molar-refractivity contribution in [2.45, 2.75) is 6.17 Å². The van der Waals surface area contributed by atoms with E-state index in [2.05, 4.69) is 4.74 Å². The molecule has 1 unspecified atom stereocenters. The lowest BCUT2D eigenvalue weighted by Gasteiger charge is -2.01. The molecule has 5 heteroatoms. The van der Waals surface area contributed by atoms with Gasteiger partial charge in [-0.25, -0.2) is 4.79 Å². The predicted octanol–water partition coefficient (Wildman–Crippen LogP) is -0.759. The van der Waals surface area contributed by atoms with Gasteiger partial charge in [0.1, 0.15) is 0 Å². The number of carbonyl (C=O) groups excluding carboxylic acids is 1. The summed E-state index contributed by atoms with van der Waals surface area (Å²) in [5, 5.41) is 0. The van der Waals surface area contributed by atoms with Crippen LogP contribution in [0.5, 0.6) is 0 Å². The molecule has 46 valence electrons. The summed E-state index contributed by atoms with van der Waals surface area (Å²) >= 11 is 5.32. The van der Waals surface area contributed by atoms with Crippen LogP contribution in [0, 0.1) is 0 Å². The van der Waals surface area contributed by atoms with E-state index >= 15 is 0 Å². The number of esters is 1. The number of ether oxygens (including phenoxy) is 1. The van der Waals surface area contributed by atoms with Crippen LogP contribution in [-0.4, -0.2) is 23.3 Å². The molecule has 0 aliphatic carbocycles. The van der Waals surface area contributed by atoms with E-state index in [0.717, 1.165) is 4.42 Å². The number of halogens is 1. The van der Waals surface area contributed by atoms with Gasteiger partial charge in [-0.2, -0.15) is 4.42 Å². The van der Waals surface area contributed by atoms with Crippen molar-refractivity contribution in [3.8, 4) is 0 Å². The predicted molar refractivity (Wildman–Crippen MR) is 26.6 cm³/mol. The van der Waals surface area contributed by atoms with Gasteiger partial charge in [0.25, 0.3) is 0 Å². The van der Waals surface area contributed by atoms with E-state index in [1.54, 1.807) is 0 Å². The van der Waals surface area contributed by atoms with Gasteiger partial charge in [-0.15, -0.1) is 0 Å². The molecular formula is C3H5ClN2O2. The van der Waals surface area contributed by atoms with Crippen LogP contribution < -0.4 is 5.73 Å². The fourth-order valence-electron chi connectivity index (χ4n) is 0.405. The minimum absolute atomic E-state index is 0.0849. The minimum atomic E-state index is -0.781. The Morgan fingerprint density at radius 3 is 2.75 bits per heavy atom. The van der Waals surface area contributed by atoms with Gasteiger partial charge in [-0.3, -0.25) is 0 Å². The molecule has 0 aromatic rings. The number of rotatable bonds is 0. The Kier molecular flexibility index (Phi) is 1.37. The smallest absolute Gasteiger partial charge is 0.340 e. The van der Waals surface area contributed by atoms with Gasteiger partial charge in [0.05, 0.1) is 0 Å². The molecule has 0 aromatic heterocycles. The van der Waals surface area contributed by atoms with Crippen LogP contribution in [0.25, 0.3) is 0 Å². The normalized spacial score (nSPS) is 30.8. The highest BCUT2D eigenvalue weighted by Crippen LogP contribution is 2.07. The van der Waals surface area contributed by atoms with Gasteiger partial charge < -0.3 is 10.5 Å². The average Bonchev–Trinajstić information content (AvgIpc) is 1.98. The Hall–Kier alpha value is -0.320. The molecule has 2 N–H and O–H groups in total. The number of carbonyl (C=O) groups is 1. The first-order valence-corrected chi connectivity index (χ1v) is 2.40. The van der Waals surface area contributed by atoms with Crippen LogP contribution in [0.2, 0.25) is 0 Å². The van der Waals surface area contributed by atoms with Crippen LogP contribution >= 0.6 is 11.8 Å². The van der Waals surface area contributed by atoms with Crippen molar-refractivity contribution >= 4 is 17.7 Å². The molecule has 1 rings (SSSR count). The third-order valence-electron chi connectivity index (χ3n) is 0.873. The largest absolute Gasteiger partial charge is 0.446 e. The van der Waals surface area contributed by atoms with E-state index in [4.69, 9.17) is 17.5 Å². The second-order valence-electron chi connectivity index (χ2n) is 1.44. The maximum absolute atomic E-state index is 10.3. The molecule has 0 saturated carbocycles. The Labute approximate surface area is 51.3 Å². The average molecular weight is 137 g/mol. The van der Waals surface area contributed by atoms with Gasteiger partial charge in [-0.1, -0.05) is 0 Å². The summed E-state index contributed by atoms with van der Waals surface area (Å²) in [6.07, 6.45) is -0.781. The van der Waals surface area contributed by atoms with Crippen LogP contribution in [0.3, 0.4) is 0 Å². The number of cyclic esters (lactones) is 1. The minimum Gasteiger partial charge on any atom is -0.446 e. The fraction of sp³-hybridized carbons (Fsp3) is 0.667. The van der Waals surface area contributed by atoms with Crippen molar-refractivity contribution in [2.75, 3.05) is 6.73 Å². The van der Waals surface area contributed by atoms with Crippen LogP contribution in [0.1, 0.15) is 0 Å². The molecule has 0 bridgehead atoms. The summed E-state index contributed by atoms with van der Waals surface area (Å²) in [6, 6.07) is 0. The molecular weight excluding hydrogens is 131 g/mol. The maximum atomic E-state index is 10.3. The lowest BCUT2D eigenvalue weighted by atomic mass is 10.6. The number of nitrogens with two attached hydrogens (primary N) is 1. The zero-order chi connectivity index (χ0) is 6.15. The highest BCUT2D eigenvalue weighted by atomic mass is 35.5. The molecule has 4 nitrogen and oxygen atoms in total. The molecule has 1 aliphatic rings. The third kappa shape index (κ3) is 0.774. The quantitative estimate of drug-likeness (QED) is 0.351. The van der Waals surface area contributed by atoms with Crippen LogP contribution in [0.4, 0.5) is 0 Å². The van der Waals surface area contributed by atoms with Crippen molar-refractivity contribution in [3.63, 3.8) is 0 Å². The summed E-state index contributed by atoms with van der Waals surface area (Å²) < 4.78 is 5.51. The van der Waals surface area contributed by atoms with Crippen molar-refractivity contribution in [1.29, 1.82) is 0 Å². The van der Waals surface area contributed by atoms with Crippen molar-refractivity contribution in [3.05, 3.63) is 0 Å². The van der Waals surface area contributed by atoms with Crippen molar-refractivity contribution < 1.29 is 9.53 Å². The Morgan fingerprint density at radius 1 is 2.00 bits per heavy atom. The summed E-state index contributed by atoms with van der Waals surface area (Å²) in [7, 11) is 0. The second kappa shape index (κ2) is 1.89. The fourth-order valence-corrected chi connectivity index (χ4v) is 0.534. The summed E-state index contributed by atoms with van der Waals surface area (Å²) in [6.45, 7) is 0.0849. The van der Waals surface area contributed by atoms with E-state index in [1.807, 2.05) is 0 Å². The maximum Gasteiger partial charge on any atom is 0.340 e. The topological polar surface area (TPSA) is 55.6 Å². The number of hydrogen-bond acceptors (Lipinski definition) is 4. The van der Waals surface area contributed by atoms with E-state index in [9.17, 15) is 4.79 Å². The molecule has 1 atom stereocenters. The molecule has 1 aliphatic heterocycles. The zero-order valence-electron chi connectivity index (χ0n) is 4.00. The first-order chi connectivity index (χ1) is 3.72. The molecule has 1 fully saturated rings. The van der Waals surface area contributed by atoms with Crippen molar-refractivity contribution in [1.82, 2.24) is 4.42 Å². The third-order valence-corrected chi connectivity index (χ3v) is 1.18.